The van der Waals surface area contributed by atoms with Gasteiger partial charge >= 0.3 is 0 Å². The molecule has 0 spiro atoms. The molecule has 0 bridgehead atoms. The molecule has 0 radical (unpaired) electrons. The predicted octanol–water partition coefficient (Wildman–Crippen LogP) is 1.89. The number of nitrogens with one attached hydrogen (secondary N) is 1. The molecule has 2 heterocycles. The van der Waals surface area contributed by atoms with Gasteiger partial charge < -0.3 is 29.1 Å². The normalized spacial score (nSPS) is 15.6. The molecule has 168 valence electrons. The van der Waals surface area contributed by atoms with Crippen LogP contribution in [0.2, 0.25) is 0 Å². The van der Waals surface area contributed by atoms with Crippen LogP contribution < -0.4 is 14.8 Å². The Balaban J connectivity index is 1.76. The van der Waals surface area contributed by atoms with E-state index in [-0.39, 0.29) is 17.5 Å². The molecule has 2 aromatic rings. The maximum absolute atomic E-state index is 13.0. The number of rotatable bonds is 7. The van der Waals surface area contributed by atoms with Crippen LogP contribution in [-0.2, 0) is 4.79 Å². The standard InChI is InChI=1S/C22H30N4O5/c1-14(2)20(22(28)26-10-8-25(3)9-11-26)23-21(27)17-13-19(31-24-17)16-12-15(29-4)6-7-18(16)30-5/h6-7,12-14,20H,8-11H2,1-5H3,(H,23,27)/t20-/m0/s1. The summed E-state index contributed by atoms with van der Waals surface area (Å²) in [6.45, 7) is 6.76. The molecule has 9 nitrogen and oxygen atoms in total. The number of carbonyl (C=O) groups excluding carboxylic acids is 2. The van der Waals surface area contributed by atoms with Gasteiger partial charge in [0.05, 0.1) is 19.8 Å². The van der Waals surface area contributed by atoms with Crippen LogP contribution in [0.25, 0.3) is 11.3 Å². The second-order valence-corrected chi connectivity index (χ2v) is 7.97. The molecule has 2 amide bonds. The lowest BCUT2D eigenvalue weighted by Crippen LogP contribution is -2.55. The average Bonchev–Trinajstić information content (AvgIpc) is 3.27. The Bertz CT molecular complexity index is 918. The fourth-order valence-corrected chi connectivity index (χ4v) is 3.47. The lowest BCUT2D eigenvalue weighted by atomic mass is 10.0. The lowest BCUT2D eigenvalue weighted by Gasteiger charge is -2.35. The topological polar surface area (TPSA) is 97.1 Å². The first-order valence-corrected chi connectivity index (χ1v) is 10.3. The Morgan fingerprint density at radius 1 is 1.10 bits per heavy atom. The third-order valence-electron chi connectivity index (χ3n) is 5.45. The second kappa shape index (κ2) is 9.82. The van der Waals surface area contributed by atoms with Crippen molar-refractivity contribution < 1.29 is 23.6 Å². The molecule has 1 aromatic carbocycles. The van der Waals surface area contributed by atoms with Gasteiger partial charge in [-0.2, -0.15) is 0 Å². The van der Waals surface area contributed by atoms with Crippen molar-refractivity contribution in [1.29, 1.82) is 0 Å². The molecule has 9 heteroatoms. The van der Waals surface area contributed by atoms with Crippen LogP contribution >= 0.6 is 0 Å². The van der Waals surface area contributed by atoms with E-state index in [4.69, 9.17) is 14.0 Å². The Labute approximate surface area is 182 Å². The molecule has 31 heavy (non-hydrogen) atoms. The van der Waals surface area contributed by atoms with Crippen LogP contribution in [0.3, 0.4) is 0 Å². The van der Waals surface area contributed by atoms with E-state index in [9.17, 15) is 9.59 Å². The van der Waals surface area contributed by atoms with E-state index in [0.717, 1.165) is 13.1 Å². The summed E-state index contributed by atoms with van der Waals surface area (Å²) in [5, 5.41) is 6.74. The maximum atomic E-state index is 13.0. The first-order valence-electron chi connectivity index (χ1n) is 10.3. The van der Waals surface area contributed by atoms with Gasteiger partial charge in [0, 0.05) is 32.2 Å². The smallest absolute Gasteiger partial charge is 0.274 e. The highest BCUT2D eigenvalue weighted by Gasteiger charge is 2.31. The molecular formula is C22H30N4O5. The fraction of sp³-hybridized carbons (Fsp3) is 0.500. The van der Waals surface area contributed by atoms with Crippen LogP contribution in [0.1, 0.15) is 24.3 Å². The summed E-state index contributed by atoms with van der Waals surface area (Å²) in [5.74, 6) is 0.950. The number of hydrogen-bond donors (Lipinski definition) is 1. The van der Waals surface area contributed by atoms with Crippen molar-refractivity contribution >= 4 is 11.8 Å². The van der Waals surface area contributed by atoms with Crippen molar-refractivity contribution in [2.75, 3.05) is 47.4 Å². The highest BCUT2D eigenvalue weighted by Crippen LogP contribution is 2.33. The number of benzene rings is 1. The first-order chi connectivity index (χ1) is 14.8. The third-order valence-corrected chi connectivity index (χ3v) is 5.45. The summed E-state index contributed by atoms with van der Waals surface area (Å²) in [6.07, 6.45) is 0. The van der Waals surface area contributed by atoms with E-state index >= 15 is 0 Å². The zero-order valence-corrected chi connectivity index (χ0v) is 18.7. The van der Waals surface area contributed by atoms with Crippen molar-refractivity contribution in [3.05, 3.63) is 30.0 Å². The van der Waals surface area contributed by atoms with Gasteiger partial charge in [0.25, 0.3) is 5.91 Å². The number of aromatic nitrogens is 1. The van der Waals surface area contributed by atoms with E-state index < -0.39 is 11.9 Å². The average molecular weight is 431 g/mol. The number of hydrogen-bond acceptors (Lipinski definition) is 7. The van der Waals surface area contributed by atoms with E-state index in [0.29, 0.717) is 35.9 Å². The van der Waals surface area contributed by atoms with Gasteiger partial charge in [-0.15, -0.1) is 0 Å². The van der Waals surface area contributed by atoms with E-state index in [2.05, 4.69) is 15.4 Å². The monoisotopic (exact) mass is 430 g/mol. The van der Waals surface area contributed by atoms with Crippen molar-refractivity contribution in [3.8, 4) is 22.8 Å². The maximum Gasteiger partial charge on any atom is 0.274 e. The zero-order valence-electron chi connectivity index (χ0n) is 18.7. The predicted molar refractivity (Wildman–Crippen MR) is 115 cm³/mol. The van der Waals surface area contributed by atoms with Crippen LogP contribution in [0.5, 0.6) is 11.5 Å². The molecule has 1 fully saturated rings. The van der Waals surface area contributed by atoms with Gasteiger partial charge in [-0.25, -0.2) is 0 Å². The van der Waals surface area contributed by atoms with E-state index in [1.54, 1.807) is 37.3 Å². The number of methoxy groups -OCH3 is 2. The van der Waals surface area contributed by atoms with Crippen molar-refractivity contribution in [1.82, 2.24) is 20.3 Å². The number of amides is 2. The Morgan fingerprint density at radius 3 is 2.42 bits per heavy atom. The molecule has 1 aliphatic heterocycles. The Morgan fingerprint density at radius 2 is 1.81 bits per heavy atom. The number of ether oxygens (including phenoxy) is 2. The van der Waals surface area contributed by atoms with Gasteiger partial charge in [0.15, 0.2) is 11.5 Å². The molecule has 1 aromatic heterocycles. The highest BCUT2D eigenvalue weighted by molar-refractivity contribution is 5.97. The van der Waals surface area contributed by atoms with Crippen molar-refractivity contribution in [3.63, 3.8) is 0 Å². The summed E-state index contributed by atoms with van der Waals surface area (Å²) < 4.78 is 16.0. The SMILES string of the molecule is COc1ccc(OC)c(-c2cc(C(=O)N[C@H](C(=O)N3CCN(C)CC3)C(C)C)no2)c1. The quantitative estimate of drug-likeness (QED) is 0.716. The third kappa shape index (κ3) is 5.16. The van der Waals surface area contributed by atoms with Gasteiger partial charge in [-0.05, 0) is 31.2 Å². The molecule has 3 rings (SSSR count). The van der Waals surface area contributed by atoms with Crippen LogP contribution in [-0.4, -0.2) is 80.3 Å². The van der Waals surface area contributed by atoms with Gasteiger partial charge in [-0.1, -0.05) is 19.0 Å². The van der Waals surface area contributed by atoms with Crippen molar-refractivity contribution in [2.24, 2.45) is 5.92 Å². The van der Waals surface area contributed by atoms with Crippen molar-refractivity contribution in [2.45, 2.75) is 19.9 Å². The number of carbonyl (C=O) groups is 2. The van der Waals surface area contributed by atoms with Crippen LogP contribution in [0.15, 0.2) is 28.8 Å². The largest absolute Gasteiger partial charge is 0.497 e. The second-order valence-electron chi connectivity index (χ2n) is 7.97. The number of likely N-dealkylation sites (N-methyl/N-ethyl adjacent to an activating group) is 1. The molecular weight excluding hydrogens is 400 g/mol. The minimum Gasteiger partial charge on any atom is -0.497 e. The van der Waals surface area contributed by atoms with E-state index in [1.807, 2.05) is 20.9 Å². The summed E-state index contributed by atoms with van der Waals surface area (Å²) in [7, 11) is 5.14. The summed E-state index contributed by atoms with van der Waals surface area (Å²) in [6, 6.07) is 6.16. The number of piperazine rings is 1. The Kier molecular flexibility index (Phi) is 7.17. The Hall–Kier alpha value is -3.07. The molecule has 0 aliphatic carbocycles. The van der Waals surface area contributed by atoms with Crippen LogP contribution in [0, 0.1) is 5.92 Å². The van der Waals surface area contributed by atoms with Gasteiger partial charge in [0.2, 0.25) is 5.91 Å². The van der Waals surface area contributed by atoms with Gasteiger partial charge in [-0.3, -0.25) is 9.59 Å². The fourth-order valence-electron chi connectivity index (χ4n) is 3.47. The minimum atomic E-state index is -0.637. The molecule has 1 atom stereocenters. The molecule has 1 saturated heterocycles. The number of nitrogens with zero attached hydrogens (tertiary/aromatic N) is 3. The molecule has 1 aliphatic rings. The minimum absolute atomic E-state index is 0.0686. The summed E-state index contributed by atoms with van der Waals surface area (Å²) >= 11 is 0. The van der Waals surface area contributed by atoms with Crippen LogP contribution in [0.4, 0.5) is 0 Å². The summed E-state index contributed by atoms with van der Waals surface area (Å²) in [4.78, 5) is 29.8. The molecule has 0 saturated carbocycles. The highest BCUT2D eigenvalue weighted by atomic mass is 16.5. The lowest BCUT2D eigenvalue weighted by molar-refractivity contribution is -0.135. The summed E-state index contributed by atoms with van der Waals surface area (Å²) in [5.41, 5.74) is 0.707. The first kappa shape index (κ1) is 22.6. The molecule has 0 unspecified atom stereocenters. The molecule has 1 N–H and O–H groups in total. The zero-order chi connectivity index (χ0) is 22.5. The van der Waals surface area contributed by atoms with E-state index in [1.165, 1.54) is 6.07 Å². The van der Waals surface area contributed by atoms with Gasteiger partial charge in [0.1, 0.15) is 17.5 Å².